The van der Waals surface area contributed by atoms with Gasteiger partial charge >= 0.3 is 0 Å². The third-order valence-corrected chi connectivity index (χ3v) is 38.0. The summed E-state index contributed by atoms with van der Waals surface area (Å²) in [7, 11) is -3.51. The van der Waals surface area contributed by atoms with Crippen LogP contribution in [0, 0.1) is 19.2 Å². The highest BCUT2D eigenvalue weighted by atomic mass is 127. The highest BCUT2D eigenvalue weighted by Gasteiger charge is 2.49. The number of hydrogen-bond donors (Lipinski definition) is 0. The molecule has 0 fully saturated rings. The first-order chi connectivity index (χ1) is 35.4. The number of thiazole rings is 4. The average molecular weight is 1340 g/mol. The fraction of sp³-hybridized carbons (Fsp3) is 0.742. The highest BCUT2D eigenvalue weighted by Crippen LogP contribution is 2.47. The summed E-state index contributed by atoms with van der Waals surface area (Å²) in [6, 6.07) is 0. The molecule has 0 unspecified atom stereocenters. The number of nitrogens with zero attached hydrogens (tertiary/aromatic N) is 4. The lowest BCUT2D eigenvalue weighted by Crippen LogP contribution is -2.55. The fourth-order valence-corrected chi connectivity index (χ4v) is 36.4. The Morgan fingerprint density at radius 2 is 0.703 bits per heavy atom. The summed E-state index contributed by atoms with van der Waals surface area (Å²) in [5, 5.41) is 0. The molecule has 0 spiro atoms. The van der Waals surface area contributed by atoms with Crippen LogP contribution in [0.4, 0.5) is 0 Å². The van der Waals surface area contributed by atoms with Crippen LogP contribution in [-0.2, 0) is 12.8 Å². The zero-order valence-corrected chi connectivity index (χ0v) is 59.3. The predicted molar refractivity (Wildman–Crippen MR) is 362 cm³/mol. The first-order valence-corrected chi connectivity index (χ1v) is 39.8. The van der Waals surface area contributed by atoms with Crippen molar-refractivity contribution in [3.05, 3.63) is 29.5 Å². The largest absolute Gasteiger partial charge is 0.244 e. The zero-order chi connectivity index (χ0) is 54.8. The Kier molecular flexibility index (Phi) is 33.2. The molecule has 0 saturated carbocycles. The van der Waals surface area contributed by atoms with E-state index in [0.29, 0.717) is 33.2 Å². The number of halogens is 2. The van der Waals surface area contributed by atoms with E-state index >= 15 is 0 Å². The van der Waals surface area contributed by atoms with E-state index in [1.54, 1.807) is 22.7 Å². The minimum atomic E-state index is -1.75. The molecule has 0 aliphatic carbocycles. The second-order valence-electron chi connectivity index (χ2n) is 23.1. The molecule has 0 amide bonds. The molecule has 0 radical (unpaired) electrons. The van der Waals surface area contributed by atoms with Gasteiger partial charge in [-0.25, -0.2) is 19.9 Å². The number of benzene rings is 1. The van der Waals surface area contributed by atoms with Crippen molar-refractivity contribution in [3.63, 3.8) is 0 Å². The monoisotopic (exact) mass is 1340 g/mol. The smallest absolute Gasteiger partial charge is 0.131 e. The summed E-state index contributed by atoms with van der Waals surface area (Å²) in [5.41, 5.74) is 13.7. The summed E-state index contributed by atoms with van der Waals surface area (Å²) in [6.45, 7) is 38.3. The molecule has 0 bridgehead atoms. The second-order valence-corrected chi connectivity index (χ2v) is 41.2. The first-order valence-electron chi connectivity index (χ1n) is 29.8. The quantitative estimate of drug-likeness (QED) is 0.0192. The number of rotatable bonds is 31. The summed E-state index contributed by atoms with van der Waals surface area (Å²) in [5.74, 6) is 6.61. The van der Waals surface area contributed by atoms with Crippen LogP contribution in [0.5, 0.6) is 0 Å². The van der Waals surface area contributed by atoms with Crippen LogP contribution in [0.2, 0.25) is 33.2 Å². The fourth-order valence-electron chi connectivity index (χ4n) is 12.4. The molecular formula is C62H104I2N4S4Si2. The van der Waals surface area contributed by atoms with Crippen LogP contribution < -0.4 is 9.26 Å². The summed E-state index contributed by atoms with van der Waals surface area (Å²) < 4.78 is 7.98. The van der Waals surface area contributed by atoms with E-state index in [-0.39, 0.29) is 0 Å². The van der Waals surface area contributed by atoms with Gasteiger partial charge < -0.3 is 0 Å². The topological polar surface area (TPSA) is 51.6 Å². The third kappa shape index (κ3) is 18.6. The van der Waals surface area contributed by atoms with E-state index in [4.69, 9.17) is 19.9 Å². The highest BCUT2D eigenvalue weighted by molar-refractivity contribution is 14.1. The van der Waals surface area contributed by atoms with E-state index in [9.17, 15) is 0 Å². The number of hydrogen-bond acceptors (Lipinski definition) is 8. The Morgan fingerprint density at radius 3 is 0.986 bits per heavy atom. The zero-order valence-electron chi connectivity index (χ0n) is 49.8. The Balaban J connectivity index is 0.000000309. The molecule has 1 aromatic carbocycles. The molecule has 418 valence electrons. The first kappa shape index (κ1) is 68.0. The van der Waals surface area contributed by atoms with Crippen molar-refractivity contribution in [1.29, 1.82) is 0 Å². The van der Waals surface area contributed by atoms with Crippen LogP contribution >= 0.6 is 90.5 Å². The van der Waals surface area contributed by atoms with E-state index in [1.807, 2.05) is 33.7 Å². The maximum atomic E-state index is 5.29. The molecule has 5 rings (SSSR count). The number of aromatic nitrogens is 4. The standard InChI is InChI=1S/C24H42I2N2S2Si2.C22H32N2S2.C16H30/c1-13(2)31(14(3)4,15(5)6)23-27-21(25)19(29-23)20-22(26)28-24(30-20)32(16(7)8,17(9)10)18(11)12;1-3-5-7-9-11-13-17-18(14-12-10-8-6-4-2)20-22(26-16-24-20)21-19(17)23-15-25-21;1-3-5-7-9-11-13-15-16-14-12-10-8-6-4-2/h13-18H,1-12H3;15-16H,3-14H2,1-2H3;3-14H2,1-2H3. The number of aryl methyl sites for hydroxylation is 2. The van der Waals surface area contributed by atoms with Crippen LogP contribution in [0.25, 0.3) is 30.2 Å². The van der Waals surface area contributed by atoms with Gasteiger partial charge in [-0.3, -0.25) is 0 Å². The van der Waals surface area contributed by atoms with Gasteiger partial charge in [0.05, 0.1) is 50.5 Å². The lowest BCUT2D eigenvalue weighted by molar-refractivity contribution is 0.622. The molecule has 12 heteroatoms. The van der Waals surface area contributed by atoms with Gasteiger partial charge in [0.2, 0.25) is 0 Å². The summed E-state index contributed by atoms with van der Waals surface area (Å²) >= 11 is 12.5. The van der Waals surface area contributed by atoms with Crippen LogP contribution in [0.3, 0.4) is 0 Å². The van der Waals surface area contributed by atoms with Crippen molar-refractivity contribution in [1.82, 2.24) is 19.9 Å². The van der Waals surface area contributed by atoms with Gasteiger partial charge in [0.15, 0.2) is 0 Å². The van der Waals surface area contributed by atoms with E-state index in [2.05, 4.69) is 168 Å². The Hall–Kier alpha value is -0.286. The third-order valence-electron chi connectivity index (χ3n) is 16.1. The Bertz CT molecular complexity index is 2160. The molecular weight excluding hydrogens is 1240 g/mol. The molecule has 0 saturated heterocycles. The van der Waals surface area contributed by atoms with Crippen LogP contribution in [0.15, 0.2) is 11.0 Å². The maximum Gasteiger partial charge on any atom is 0.131 e. The molecule has 0 N–H and O–H groups in total. The number of unbranched alkanes of at least 4 members (excludes halogenated alkanes) is 18. The van der Waals surface area contributed by atoms with Gasteiger partial charge in [0.25, 0.3) is 0 Å². The van der Waals surface area contributed by atoms with Crippen molar-refractivity contribution in [3.8, 4) is 21.6 Å². The minimum absolute atomic E-state index is 0.677. The van der Waals surface area contributed by atoms with Gasteiger partial charge in [-0.05, 0) is 128 Å². The average Bonchev–Trinajstić information content (AvgIpc) is 4.17. The van der Waals surface area contributed by atoms with E-state index in [0.717, 1.165) is 12.8 Å². The van der Waals surface area contributed by atoms with Gasteiger partial charge in [0, 0.05) is 12.8 Å². The molecule has 4 aromatic heterocycles. The SMILES string of the molecule is CC(C)[Si](c1nc(I)c(-c2sc([Si](C(C)C)(C(C)C)C(C)C)nc2I)s1)(C(C)C)C(C)C.CCCCCCCC#CCCCCCCC.CCCCCCCc1c(CCCCCCC)c2ncsc2c2scnc12. The minimum Gasteiger partial charge on any atom is -0.244 e. The van der Waals surface area contributed by atoms with Gasteiger partial charge in [-0.15, -0.1) is 57.2 Å². The van der Waals surface area contributed by atoms with Crippen molar-refractivity contribution in [2.75, 3.05) is 0 Å². The molecule has 5 aromatic rings. The maximum absolute atomic E-state index is 5.29. The van der Waals surface area contributed by atoms with Gasteiger partial charge in [-0.2, -0.15) is 0 Å². The second kappa shape index (κ2) is 36.1. The Labute approximate surface area is 500 Å². The molecule has 74 heavy (non-hydrogen) atoms. The molecule has 0 aliphatic rings. The molecule has 4 heterocycles. The summed E-state index contributed by atoms with van der Waals surface area (Å²) in [4.78, 5) is 22.9. The van der Waals surface area contributed by atoms with Crippen LogP contribution in [0.1, 0.15) is 263 Å². The van der Waals surface area contributed by atoms with Crippen LogP contribution in [-0.4, -0.2) is 36.1 Å². The lowest BCUT2D eigenvalue weighted by Gasteiger charge is -2.41. The van der Waals surface area contributed by atoms with Crippen molar-refractivity contribution < 1.29 is 0 Å². The molecule has 4 nitrogen and oxygen atoms in total. The van der Waals surface area contributed by atoms with Crippen molar-refractivity contribution >= 4 is 136 Å². The lowest BCUT2D eigenvalue weighted by atomic mass is 9.94. The van der Waals surface area contributed by atoms with Crippen molar-refractivity contribution in [2.45, 2.75) is 298 Å². The normalized spacial score (nSPS) is 12.2. The Morgan fingerprint density at radius 1 is 0.419 bits per heavy atom. The molecule has 0 atom stereocenters. The van der Waals surface area contributed by atoms with Gasteiger partial charge in [-0.1, -0.05) is 214 Å². The predicted octanol–water partition coefficient (Wildman–Crippen LogP) is 22.9. The van der Waals surface area contributed by atoms with Gasteiger partial charge in [0.1, 0.15) is 23.5 Å². The van der Waals surface area contributed by atoms with E-state index < -0.39 is 16.1 Å². The van der Waals surface area contributed by atoms with E-state index in [1.165, 1.54) is 199 Å². The van der Waals surface area contributed by atoms with Crippen molar-refractivity contribution in [2.24, 2.45) is 0 Å². The number of fused-ring (bicyclic) bond motifs is 3. The molecule has 0 aliphatic heterocycles. The summed E-state index contributed by atoms with van der Waals surface area (Å²) in [6.07, 6.45) is 31.5.